The Balaban J connectivity index is 1.79. The van der Waals surface area contributed by atoms with Crippen molar-refractivity contribution >= 4 is 34.2 Å². The number of ether oxygens (including phenoxy) is 1. The van der Waals surface area contributed by atoms with Crippen LogP contribution in [0.4, 0.5) is 19.0 Å². The Morgan fingerprint density at radius 3 is 2.58 bits per heavy atom. The molecule has 1 N–H and O–H groups in total. The maximum atomic E-state index is 13.6. The number of benzene rings is 3. The van der Waals surface area contributed by atoms with Crippen molar-refractivity contribution in [3.05, 3.63) is 98.8 Å². The maximum Gasteiger partial charge on any atom is 0.416 e. The van der Waals surface area contributed by atoms with Crippen molar-refractivity contribution < 1.29 is 22.7 Å². The van der Waals surface area contributed by atoms with Gasteiger partial charge in [-0.3, -0.25) is 9.36 Å². The maximum absolute atomic E-state index is 13.6. The van der Waals surface area contributed by atoms with Crippen molar-refractivity contribution in [1.29, 1.82) is 0 Å². The number of rotatable bonds is 4. The van der Waals surface area contributed by atoms with Gasteiger partial charge in [-0.15, -0.1) is 0 Å². The summed E-state index contributed by atoms with van der Waals surface area (Å²) < 4.78 is 46.8. The number of pyridine rings is 1. The third kappa shape index (κ3) is 4.01. The van der Waals surface area contributed by atoms with Crippen LogP contribution in [0.2, 0.25) is 5.02 Å². The van der Waals surface area contributed by atoms with Crippen LogP contribution in [0.25, 0.3) is 21.9 Å². The van der Waals surface area contributed by atoms with Crippen LogP contribution >= 0.6 is 11.6 Å². The van der Waals surface area contributed by atoms with Gasteiger partial charge in [0.25, 0.3) is 5.56 Å². The second kappa shape index (κ2) is 9.02. The molecule has 0 fully saturated rings. The van der Waals surface area contributed by atoms with Crippen molar-refractivity contribution in [2.24, 2.45) is 0 Å². The Bertz CT molecular complexity index is 1560. The molecule has 1 aliphatic rings. The van der Waals surface area contributed by atoms with E-state index in [1.165, 1.54) is 23.8 Å². The van der Waals surface area contributed by atoms with E-state index in [4.69, 9.17) is 16.3 Å². The molecule has 1 unspecified atom stereocenters. The van der Waals surface area contributed by atoms with Gasteiger partial charge in [0.15, 0.2) is 6.04 Å². The standard InChI is InChI=1S/C27H20ClF3N2O3/c1-36-26(35)21-14-32-24-22(17-9-5-10-18(12-17)27(29,30)31)20(23(28)25(34)33(21)24)13-16-8-4-7-15-6-2-3-11-19(15)16/h2-12,21,32H,13-14H2,1H3. The number of fused-ring (bicyclic) bond motifs is 2. The molecular formula is C27H20ClF3N2O3. The van der Waals surface area contributed by atoms with Crippen LogP contribution in [0.1, 0.15) is 22.7 Å². The zero-order valence-corrected chi connectivity index (χ0v) is 19.8. The molecule has 0 aliphatic carbocycles. The third-order valence-electron chi connectivity index (χ3n) is 6.42. The van der Waals surface area contributed by atoms with Crippen molar-refractivity contribution in [2.45, 2.75) is 18.6 Å². The van der Waals surface area contributed by atoms with Gasteiger partial charge in [0.1, 0.15) is 10.8 Å². The van der Waals surface area contributed by atoms with Crippen molar-refractivity contribution in [1.82, 2.24) is 4.57 Å². The summed E-state index contributed by atoms with van der Waals surface area (Å²) in [5.74, 6) is -0.425. The van der Waals surface area contributed by atoms with E-state index >= 15 is 0 Å². The van der Waals surface area contributed by atoms with Gasteiger partial charge in [-0.05, 0) is 39.6 Å². The number of nitrogens with one attached hydrogen (secondary N) is 1. The molecule has 36 heavy (non-hydrogen) atoms. The molecule has 1 aromatic heterocycles. The molecule has 0 saturated carbocycles. The minimum absolute atomic E-state index is 0.0436. The van der Waals surface area contributed by atoms with Gasteiger partial charge < -0.3 is 10.1 Å². The third-order valence-corrected chi connectivity index (χ3v) is 6.81. The minimum Gasteiger partial charge on any atom is -0.467 e. The highest BCUT2D eigenvalue weighted by atomic mass is 35.5. The van der Waals surface area contributed by atoms with E-state index in [9.17, 15) is 22.8 Å². The summed E-state index contributed by atoms with van der Waals surface area (Å²) in [5, 5.41) is 4.81. The number of halogens is 4. The summed E-state index contributed by atoms with van der Waals surface area (Å²) in [6.45, 7) is 0.0436. The Hall–Kier alpha value is -3.78. The fraction of sp³-hybridized carbons (Fsp3) is 0.185. The lowest BCUT2D eigenvalue weighted by molar-refractivity contribution is -0.143. The zero-order chi connectivity index (χ0) is 25.6. The Morgan fingerprint density at radius 2 is 1.83 bits per heavy atom. The first-order chi connectivity index (χ1) is 17.2. The predicted octanol–water partition coefficient (Wildman–Crippen LogP) is 6.07. The van der Waals surface area contributed by atoms with Gasteiger partial charge in [0.05, 0.1) is 12.7 Å². The first-order valence-corrected chi connectivity index (χ1v) is 11.5. The summed E-state index contributed by atoms with van der Waals surface area (Å²) in [5.41, 5.74) is 0.350. The average Bonchev–Trinajstić information content (AvgIpc) is 3.31. The van der Waals surface area contributed by atoms with E-state index in [0.29, 0.717) is 11.1 Å². The molecule has 5 nitrogen and oxygen atoms in total. The molecule has 0 radical (unpaired) electrons. The highest BCUT2D eigenvalue weighted by Gasteiger charge is 2.36. The SMILES string of the molecule is COC(=O)C1CNc2c(-c3cccc(C(F)(F)F)c3)c(Cc3cccc4ccccc34)c(Cl)c(=O)n21. The van der Waals surface area contributed by atoms with E-state index in [0.717, 1.165) is 28.5 Å². The average molecular weight is 513 g/mol. The fourth-order valence-electron chi connectivity index (χ4n) is 4.75. The summed E-state index contributed by atoms with van der Waals surface area (Å²) in [6, 6.07) is 17.3. The first-order valence-electron chi connectivity index (χ1n) is 11.1. The number of hydrogen-bond acceptors (Lipinski definition) is 4. The molecule has 0 bridgehead atoms. The van der Waals surface area contributed by atoms with Crippen molar-refractivity contribution in [3.63, 3.8) is 0 Å². The normalized spacial score (nSPS) is 15.0. The number of nitrogens with zero attached hydrogens (tertiary/aromatic N) is 1. The van der Waals surface area contributed by atoms with Gasteiger partial charge in [-0.25, -0.2) is 4.79 Å². The Kier molecular flexibility index (Phi) is 6.00. The molecular weight excluding hydrogens is 493 g/mol. The molecule has 3 aromatic carbocycles. The molecule has 0 amide bonds. The molecule has 184 valence electrons. The van der Waals surface area contributed by atoms with E-state index in [-0.39, 0.29) is 29.4 Å². The molecule has 0 saturated heterocycles. The molecule has 4 aromatic rings. The molecule has 5 rings (SSSR count). The smallest absolute Gasteiger partial charge is 0.416 e. The van der Waals surface area contributed by atoms with Gasteiger partial charge in [0, 0.05) is 18.5 Å². The van der Waals surface area contributed by atoms with Gasteiger partial charge in [0.2, 0.25) is 0 Å². The highest BCUT2D eigenvalue weighted by Crippen LogP contribution is 2.41. The summed E-state index contributed by atoms with van der Waals surface area (Å²) in [7, 11) is 1.20. The number of alkyl halides is 3. The van der Waals surface area contributed by atoms with Gasteiger partial charge >= 0.3 is 12.1 Å². The number of aromatic nitrogens is 1. The molecule has 0 spiro atoms. The predicted molar refractivity (Wildman–Crippen MR) is 132 cm³/mol. The topological polar surface area (TPSA) is 60.3 Å². The lowest BCUT2D eigenvalue weighted by Crippen LogP contribution is -2.30. The number of anilines is 1. The monoisotopic (exact) mass is 512 g/mol. The van der Waals surface area contributed by atoms with Crippen LogP contribution in [-0.2, 0) is 22.1 Å². The second-order valence-corrected chi connectivity index (χ2v) is 8.88. The van der Waals surface area contributed by atoms with E-state index in [1.807, 2.05) is 42.5 Å². The van der Waals surface area contributed by atoms with Gasteiger partial charge in [-0.2, -0.15) is 13.2 Å². The van der Waals surface area contributed by atoms with E-state index in [2.05, 4.69) is 5.32 Å². The quantitative estimate of drug-likeness (QED) is 0.337. The molecule has 9 heteroatoms. The molecule has 1 aliphatic heterocycles. The first kappa shape index (κ1) is 23.9. The number of esters is 1. The molecule has 2 heterocycles. The van der Waals surface area contributed by atoms with Crippen LogP contribution in [-0.4, -0.2) is 24.2 Å². The highest BCUT2D eigenvalue weighted by molar-refractivity contribution is 6.32. The fourth-order valence-corrected chi connectivity index (χ4v) is 5.01. The number of hydrogen-bond donors (Lipinski definition) is 1. The lowest BCUT2D eigenvalue weighted by atomic mass is 9.92. The van der Waals surface area contributed by atoms with Crippen molar-refractivity contribution in [2.75, 3.05) is 19.0 Å². The minimum atomic E-state index is -4.56. The molecule has 1 atom stereocenters. The van der Waals surface area contributed by atoms with Crippen LogP contribution in [0.15, 0.2) is 71.5 Å². The second-order valence-electron chi connectivity index (χ2n) is 8.50. The number of carbonyl (C=O) groups is 1. The number of methoxy groups -OCH3 is 1. The Labute approximate surface area is 209 Å². The van der Waals surface area contributed by atoms with Crippen LogP contribution in [0.3, 0.4) is 0 Å². The summed E-state index contributed by atoms with van der Waals surface area (Å²) in [6.07, 6.45) is -4.37. The van der Waals surface area contributed by atoms with Crippen LogP contribution < -0.4 is 10.9 Å². The lowest BCUT2D eigenvalue weighted by Gasteiger charge is -2.20. The van der Waals surface area contributed by atoms with Crippen LogP contribution in [0.5, 0.6) is 0 Å². The Morgan fingerprint density at radius 1 is 1.11 bits per heavy atom. The van der Waals surface area contributed by atoms with Crippen molar-refractivity contribution in [3.8, 4) is 11.1 Å². The van der Waals surface area contributed by atoms with E-state index < -0.39 is 29.3 Å². The summed E-state index contributed by atoms with van der Waals surface area (Å²) >= 11 is 6.64. The summed E-state index contributed by atoms with van der Waals surface area (Å²) in [4.78, 5) is 25.8. The zero-order valence-electron chi connectivity index (χ0n) is 19.0. The van der Waals surface area contributed by atoms with Gasteiger partial charge in [-0.1, -0.05) is 66.2 Å². The van der Waals surface area contributed by atoms with E-state index in [1.54, 1.807) is 0 Å². The number of carbonyl (C=O) groups excluding carboxylic acids is 1. The largest absolute Gasteiger partial charge is 0.467 e. The van der Waals surface area contributed by atoms with Crippen LogP contribution in [0, 0.1) is 0 Å².